The minimum absolute atomic E-state index is 0.352. The van der Waals surface area contributed by atoms with Crippen LogP contribution in [0.3, 0.4) is 0 Å². The number of amides is 3. The minimum Gasteiger partial charge on any atom is -0.336 e. The van der Waals surface area contributed by atoms with Gasteiger partial charge in [0.15, 0.2) is 0 Å². The molecule has 1 saturated heterocycles. The molecule has 0 aliphatic carbocycles. The largest absolute Gasteiger partial charge is 0.336 e. The molecule has 9 heteroatoms. The molecular weight excluding hydrogens is 352 g/mol. The molecule has 1 aromatic carbocycles. The lowest BCUT2D eigenvalue weighted by molar-refractivity contribution is -0.131. The summed E-state index contributed by atoms with van der Waals surface area (Å²) in [6, 6.07) is 6.38. The van der Waals surface area contributed by atoms with Crippen molar-refractivity contribution < 1.29 is 9.59 Å². The number of rotatable bonds is 3. The second-order valence-corrected chi connectivity index (χ2v) is 5.75. The second kappa shape index (κ2) is 5.84. The van der Waals surface area contributed by atoms with Gasteiger partial charge in [0.1, 0.15) is 6.04 Å². The molecule has 1 atom stereocenters. The molecule has 22 heavy (non-hydrogen) atoms. The van der Waals surface area contributed by atoms with Gasteiger partial charge in [0, 0.05) is 23.1 Å². The maximum Gasteiger partial charge on any atom is 0.324 e. The van der Waals surface area contributed by atoms with E-state index in [1.807, 2.05) is 24.3 Å². The van der Waals surface area contributed by atoms with Crippen molar-refractivity contribution in [2.75, 3.05) is 13.1 Å². The summed E-state index contributed by atoms with van der Waals surface area (Å²) in [6.45, 7) is 2.46. The normalized spacial score (nSPS) is 15.7. The lowest BCUT2D eigenvalue weighted by atomic mass is 10.2. The number of urea groups is 1. The molecule has 2 heterocycles. The maximum atomic E-state index is 12.3. The summed E-state index contributed by atoms with van der Waals surface area (Å²) < 4.78 is 0.951. The molecule has 2 aromatic rings. The number of halogens is 1. The van der Waals surface area contributed by atoms with E-state index in [0.717, 1.165) is 14.9 Å². The Morgan fingerprint density at radius 3 is 2.73 bits per heavy atom. The fraction of sp³-hybridized carbons (Fsp3) is 0.308. The fourth-order valence-corrected chi connectivity index (χ4v) is 2.37. The van der Waals surface area contributed by atoms with Gasteiger partial charge in [0.05, 0.1) is 0 Å². The summed E-state index contributed by atoms with van der Waals surface area (Å²) in [6.07, 6.45) is 0. The maximum absolute atomic E-state index is 12.3. The summed E-state index contributed by atoms with van der Waals surface area (Å²) >= 11 is 3.36. The molecule has 0 saturated carbocycles. The number of carbonyl (C=O) groups excluding carboxylic acids is 2. The highest BCUT2D eigenvalue weighted by Gasteiger charge is 2.31. The Labute approximate surface area is 134 Å². The first-order valence-corrected chi connectivity index (χ1v) is 7.50. The summed E-state index contributed by atoms with van der Waals surface area (Å²) in [5.74, 6) is 0.0766. The number of hydrogen-bond donors (Lipinski definition) is 1. The van der Waals surface area contributed by atoms with Gasteiger partial charge < -0.3 is 5.32 Å². The monoisotopic (exact) mass is 364 g/mol. The van der Waals surface area contributed by atoms with E-state index in [2.05, 4.69) is 36.7 Å². The molecule has 3 rings (SSSR count). The molecule has 1 aliphatic heterocycles. The van der Waals surface area contributed by atoms with Crippen LogP contribution in [0.15, 0.2) is 28.7 Å². The highest BCUT2D eigenvalue weighted by molar-refractivity contribution is 9.10. The number of imide groups is 1. The van der Waals surface area contributed by atoms with Crippen molar-refractivity contribution in [3.63, 3.8) is 0 Å². The summed E-state index contributed by atoms with van der Waals surface area (Å²) in [7, 11) is 0. The van der Waals surface area contributed by atoms with Crippen molar-refractivity contribution in [3.8, 4) is 11.4 Å². The van der Waals surface area contributed by atoms with Gasteiger partial charge in [-0.3, -0.25) is 9.69 Å². The highest BCUT2D eigenvalue weighted by Crippen LogP contribution is 2.18. The quantitative estimate of drug-likeness (QED) is 0.883. The molecule has 1 aliphatic rings. The van der Waals surface area contributed by atoms with Crippen molar-refractivity contribution in [2.45, 2.75) is 13.0 Å². The van der Waals surface area contributed by atoms with Crippen LogP contribution in [0, 0.1) is 0 Å². The van der Waals surface area contributed by atoms with Gasteiger partial charge in [0.2, 0.25) is 5.82 Å². The van der Waals surface area contributed by atoms with E-state index < -0.39 is 6.04 Å². The molecule has 1 N–H and O–H groups in total. The number of aromatic nitrogens is 4. The Hall–Kier alpha value is -2.29. The van der Waals surface area contributed by atoms with E-state index in [9.17, 15) is 9.59 Å². The predicted octanol–water partition coefficient (Wildman–Crippen LogP) is 1.22. The van der Waals surface area contributed by atoms with Crippen LogP contribution in [0.5, 0.6) is 0 Å². The lowest BCUT2D eigenvalue weighted by Crippen LogP contribution is -2.39. The summed E-state index contributed by atoms with van der Waals surface area (Å²) in [4.78, 5) is 26.2. The number of nitrogens with zero attached hydrogens (tertiary/aromatic N) is 5. The second-order valence-electron chi connectivity index (χ2n) is 4.84. The zero-order chi connectivity index (χ0) is 15.7. The van der Waals surface area contributed by atoms with Crippen molar-refractivity contribution in [1.29, 1.82) is 0 Å². The van der Waals surface area contributed by atoms with Crippen LogP contribution < -0.4 is 5.32 Å². The topological polar surface area (TPSA) is 93.0 Å². The van der Waals surface area contributed by atoms with Gasteiger partial charge in [-0.1, -0.05) is 15.9 Å². The van der Waals surface area contributed by atoms with E-state index >= 15 is 0 Å². The molecule has 1 aromatic heterocycles. The molecule has 8 nitrogen and oxygen atoms in total. The summed E-state index contributed by atoms with van der Waals surface area (Å²) in [5, 5.41) is 14.7. The predicted molar refractivity (Wildman–Crippen MR) is 80.8 cm³/mol. The van der Waals surface area contributed by atoms with Gasteiger partial charge in [-0.25, -0.2) is 4.79 Å². The van der Waals surface area contributed by atoms with E-state index in [4.69, 9.17) is 0 Å². The smallest absolute Gasteiger partial charge is 0.324 e. The van der Waals surface area contributed by atoms with Crippen LogP contribution in [-0.4, -0.2) is 50.1 Å². The molecule has 114 valence electrons. The Kier molecular flexibility index (Phi) is 3.88. The van der Waals surface area contributed by atoms with Gasteiger partial charge in [0.25, 0.3) is 5.91 Å². The molecule has 1 fully saturated rings. The highest BCUT2D eigenvalue weighted by atomic mass is 79.9. The molecule has 0 spiro atoms. The van der Waals surface area contributed by atoms with E-state index in [0.29, 0.717) is 18.9 Å². The Balaban J connectivity index is 1.79. The standard InChI is InChI=1S/C13H13BrN6O2/c1-8(12(21)19-7-6-15-13(19)22)20-17-11(16-18-20)9-2-4-10(14)5-3-9/h2-5,8H,6-7H2,1H3,(H,15,22). The Morgan fingerprint density at radius 2 is 2.09 bits per heavy atom. The third-order valence-corrected chi connectivity index (χ3v) is 3.89. The van der Waals surface area contributed by atoms with Crippen LogP contribution >= 0.6 is 15.9 Å². The van der Waals surface area contributed by atoms with Crippen molar-refractivity contribution >= 4 is 27.9 Å². The third kappa shape index (κ3) is 2.71. The van der Waals surface area contributed by atoms with Crippen molar-refractivity contribution in [1.82, 2.24) is 30.4 Å². The zero-order valence-electron chi connectivity index (χ0n) is 11.7. The zero-order valence-corrected chi connectivity index (χ0v) is 13.3. The number of benzene rings is 1. The number of nitrogens with one attached hydrogen (secondary N) is 1. The number of tetrazole rings is 1. The van der Waals surface area contributed by atoms with Gasteiger partial charge >= 0.3 is 6.03 Å². The SMILES string of the molecule is CC(C(=O)N1CCNC1=O)n1nnc(-c2ccc(Br)cc2)n1. The molecule has 3 amide bonds. The van der Waals surface area contributed by atoms with Crippen LogP contribution in [-0.2, 0) is 4.79 Å². The van der Waals surface area contributed by atoms with Gasteiger partial charge in [-0.2, -0.15) is 4.80 Å². The van der Waals surface area contributed by atoms with Gasteiger partial charge in [-0.05, 0) is 36.4 Å². The minimum atomic E-state index is -0.694. The van der Waals surface area contributed by atoms with Crippen LogP contribution in [0.1, 0.15) is 13.0 Å². The van der Waals surface area contributed by atoms with E-state index in [-0.39, 0.29) is 11.9 Å². The fourth-order valence-electron chi connectivity index (χ4n) is 2.11. The number of hydrogen-bond acceptors (Lipinski definition) is 5. The third-order valence-electron chi connectivity index (χ3n) is 3.36. The van der Waals surface area contributed by atoms with Crippen LogP contribution in [0.2, 0.25) is 0 Å². The van der Waals surface area contributed by atoms with Crippen molar-refractivity contribution in [3.05, 3.63) is 28.7 Å². The van der Waals surface area contributed by atoms with Crippen molar-refractivity contribution in [2.24, 2.45) is 0 Å². The first kappa shape index (κ1) is 14.6. The lowest BCUT2D eigenvalue weighted by Gasteiger charge is -2.16. The molecular formula is C13H13BrN6O2. The van der Waals surface area contributed by atoms with E-state index in [1.165, 1.54) is 4.80 Å². The molecule has 0 bridgehead atoms. The first-order valence-electron chi connectivity index (χ1n) is 6.71. The summed E-state index contributed by atoms with van der Waals surface area (Å²) in [5.41, 5.74) is 0.799. The Morgan fingerprint density at radius 1 is 1.36 bits per heavy atom. The average Bonchev–Trinajstić information content (AvgIpc) is 3.15. The van der Waals surface area contributed by atoms with Gasteiger partial charge in [-0.15, -0.1) is 10.2 Å². The molecule has 0 radical (unpaired) electrons. The van der Waals surface area contributed by atoms with Crippen LogP contribution in [0.25, 0.3) is 11.4 Å². The molecule has 1 unspecified atom stereocenters. The first-order chi connectivity index (χ1) is 10.6. The van der Waals surface area contributed by atoms with Crippen LogP contribution in [0.4, 0.5) is 4.79 Å². The average molecular weight is 365 g/mol. The Bertz CT molecular complexity index is 714. The number of carbonyl (C=O) groups is 2. The van der Waals surface area contributed by atoms with E-state index in [1.54, 1.807) is 6.92 Å².